The average Bonchev–Trinajstić information content (AvgIpc) is 2.43. The van der Waals surface area contributed by atoms with Crippen LogP contribution in [0.4, 0.5) is 10.1 Å². The lowest BCUT2D eigenvalue weighted by atomic mass is 10.1. The second-order valence-electron chi connectivity index (χ2n) is 4.23. The third kappa shape index (κ3) is 4.64. The number of nitrogens with two attached hydrogens (primary N) is 1. The Bertz CT molecular complexity index is 490. The second-order valence-corrected chi connectivity index (χ2v) is 6.85. The summed E-state index contributed by atoms with van der Waals surface area (Å²) >= 11 is 3.21. The lowest BCUT2D eigenvalue weighted by Crippen LogP contribution is -2.29. The van der Waals surface area contributed by atoms with Crippen molar-refractivity contribution in [3.05, 3.63) is 28.0 Å². The highest BCUT2D eigenvalue weighted by atomic mass is 79.9. The van der Waals surface area contributed by atoms with Crippen molar-refractivity contribution in [1.29, 1.82) is 0 Å². The molecule has 1 fully saturated rings. The molecule has 1 saturated heterocycles. The van der Waals surface area contributed by atoms with Crippen LogP contribution >= 0.6 is 15.9 Å². The van der Waals surface area contributed by atoms with Gasteiger partial charge in [-0.25, -0.2) is 4.39 Å². The molecule has 1 heterocycles. The molecule has 20 heavy (non-hydrogen) atoms. The molecule has 0 aliphatic carbocycles. The van der Waals surface area contributed by atoms with E-state index in [0.29, 0.717) is 28.0 Å². The van der Waals surface area contributed by atoms with Gasteiger partial charge in [-0.15, -0.1) is 0 Å². The van der Waals surface area contributed by atoms with Crippen LogP contribution in [0.15, 0.2) is 16.6 Å². The molecule has 1 aromatic carbocycles. The van der Waals surface area contributed by atoms with E-state index >= 15 is 0 Å². The predicted octanol–water partition coefficient (Wildman–Crippen LogP) is 2.30. The summed E-state index contributed by atoms with van der Waals surface area (Å²) in [7, 11) is 0.772. The minimum absolute atomic E-state index is 0.0462. The molecule has 2 rings (SSSR count). The van der Waals surface area contributed by atoms with Gasteiger partial charge in [-0.05, 0) is 32.0 Å². The highest BCUT2D eigenvalue weighted by Crippen LogP contribution is 2.25. The highest BCUT2D eigenvalue weighted by Gasteiger charge is 2.19. The van der Waals surface area contributed by atoms with Crippen molar-refractivity contribution in [3.8, 4) is 0 Å². The molecule has 4 nitrogen and oxygen atoms in total. The van der Waals surface area contributed by atoms with E-state index in [1.165, 1.54) is 13.1 Å². The summed E-state index contributed by atoms with van der Waals surface area (Å²) in [6, 6.07) is 3.11. The van der Waals surface area contributed by atoms with Gasteiger partial charge in [0, 0.05) is 38.5 Å². The Morgan fingerprint density at radius 1 is 1.40 bits per heavy atom. The standard InChI is InChI=1S/C12H13BrFNO2S.CH5N/c13-8-5-11(14)10(7-16)12(6-8)15-9-1-3-18(17)4-2-9;1-2/h5-7,9,15H,1-4H2;2H2,1H3. The smallest absolute Gasteiger partial charge is 0.155 e. The van der Waals surface area contributed by atoms with E-state index < -0.39 is 16.6 Å². The molecule has 0 spiro atoms. The summed E-state index contributed by atoms with van der Waals surface area (Å²) in [4.78, 5) is 10.9. The average molecular weight is 365 g/mol. The Labute approximate surface area is 128 Å². The van der Waals surface area contributed by atoms with Gasteiger partial charge in [-0.1, -0.05) is 15.9 Å². The van der Waals surface area contributed by atoms with Crippen molar-refractivity contribution in [1.82, 2.24) is 0 Å². The molecular weight excluding hydrogens is 347 g/mol. The maximum atomic E-state index is 13.6. The zero-order valence-electron chi connectivity index (χ0n) is 11.2. The van der Waals surface area contributed by atoms with Gasteiger partial charge < -0.3 is 11.1 Å². The number of nitrogens with one attached hydrogen (secondary N) is 1. The van der Waals surface area contributed by atoms with Crippen LogP contribution in [-0.4, -0.2) is 35.1 Å². The fraction of sp³-hybridized carbons (Fsp3) is 0.462. The van der Waals surface area contributed by atoms with Crippen LogP contribution in [0.2, 0.25) is 0 Å². The van der Waals surface area contributed by atoms with Gasteiger partial charge in [0.05, 0.1) is 5.56 Å². The summed E-state index contributed by atoms with van der Waals surface area (Å²) < 4.78 is 25.4. The largest absolute Gasteiger partial charge is 0.382 e. The Kier molecular flexibility index (Phi) is 7.32. The SMILES string of the molecule is CN.O=Cc1c(F)cc(Br)cc1NC1CCS(=O)CC1. The van der Waals surface area contributed by atoms with Crippen molar-refractivity contribution in [2.24, 2.45) is 5.73 Å². The molecule has 1 aromatic rings. The van der Waals surface area contributed by atoms with E-state index in [-0.39, 0.29) is 11.6 Å². The van der Waals surface area contributed by atoms with Crippen molar-refractivity contribution in [2.75, 3.05) is 23.9 Å². The summed E-state index contributed by atoms with van der Waals surface area (Å²) in [5.41, 5.74) is 5.04. The van der Waals surface area contributed by atoms with Gasteiger partial charge >= 0.3 is 0 Å². The van der Waals surface area contributed by atoms with Crippen LogP contribution in [0.5, 0.6) is 0 Å². The van der Waals surface area contributed by atoms with Crippen LogP contribution in [0.1, 0.15) is 23.2 Å². The zero-order valence-corrected chi connectivity index (χ0v) is 13.6. The molecule has 1 aliphatic rings. The Morgan fingerprint density at radius 2 is 2.00 bits per heavy atom. The van der Waals surface area contributed by atoms with Crippen molar-refractivity contribution in [2.45, 2.75) is 18.9 Å². The maximum absolute atomic E-state index is 13.6. The quantitative estimate of drug-likeness (QED) is 0.807. The number of carbonyl (C=O) groups excluding carboxylic acids is 1. The number of hydrogen-bond donors (Lipinski definition) is 2. The van der Waals surface area contributed by atoms with Gasteiger partial charge in [0.1, 0.15) is 5.82 Å². The van der Waals surface area contributed by atoms with E-state index in [1.807, 2.05) is 0 Å². The van der Waals surface area contributed by atoms with Crippen LogP contribution in [0.25, 0.3) is 0 Å². The van der Waals surface area contributed by atoms with Gasteiger partial charge in [0.15, 0.2) is 6.29 Å². The molecule has 3 N–H and O–H groups in total. The monoisotopic (exact) mass is 364 g/mol. The minimum Gasteiger partial charge on any atom is -0.382 e. The van der Waals surface area contributed by atoms with E-state index in [9.17, 15) is 13.4 Å². The van der Waals surface area contributed by atoms with E-state index in [4.69, 9.17) is 0 Å². The zero-order chi connectivity index (χ0) is 15.1. The molecule has 0 unspecified atom stereocenters. The summed E-state index contributed by atoms with van der Waals surface area (Å²) in [5.74, 6) is 0.774. The topological polar surface area (TPSA) is 72.2 Å². The number of rotatable bonds is 3. The number of aldehydes is 1. The lowest BCUT2D eigenvalue weighted by Gasteiger charge is -2.24. The number of carbonyl (C=O) groups is 1. The molecule has 0 amide bonds. The fourth-order valence-electron chi connectivity index (χ4n) is 1.98. The van der Waals surface area contributed by atoms with E-state index in [2.05, 4.69) is 27.0 Å². The number of anilines is 1. The summed E-state index contributed by atoms with van der Waals surface area (Å²) in [6.07, 6.45) is 2.07. The Hall–Kier alpha value is -0.790. The van der Waals surface area contributed by atoms with Crippen LogP contribution in [0, 0.1) is 5.82 Å². The number of benzene rings is 1. The first-order valence-electron chi connectivity index (χ1n) is 6.23. The third-order valence-electron chi connectivity index (χ3n) is 2.96. The van der Waals surface area contributed by atoms with Crippen LogP contribution in [-0.2, 0) is 10.8 Å². The second kappa shape index (κ2) is 8.49. The Balaban J connectivity index is 0.000000956. The van der Waals surface area contributed by atoms with Crippen LogP contribution < -0.4 is 11.1 Å². The molecule has 0 bridgehead atoms. The molecule has 112 valence electrons. The van der Waals surface area contributed by atoms with Gasteiger partial charge in [0.25, 0.3) is 0 Å². The van der Waals surface area contributed by atoms with Crippen molar-refractivity contribution >= 4 is 38.7 Å². The van der Waals surface area contributed by atoms with Gasteiger partial charge in [-0.2, -0.15) is 0 Å². The molecule has 0 saturated carbocycles. The van der Waals surface area contributed by atoms with Gasteiger partial charge in [0.2, 0.25) is 0 Å². The van der Waals surface area contributed by atoms with E-state index in [1.54, 1.807) is 6.07 Å². The van der Waals surface area contributed by atoms with Crippen molar-refractivity contribution in [3.63, 3.8) is 0 Å². The van der Waals surface area contributed by atoms with Gasteiger partial charge in [-0.3, -0.25) is 9.00 Å². The number of hydrogen-bond acceptors (Lipinski definition) is 4. The first-order valence-corrected chi connectivity index (χ1v) is 8.51. The predicted molar refractivity (Wildman–Crippen MR) is 84.1 cm³/mol. The normalized spacial score (nSPS) is 21.6. The molecule has 1 aliphatic heterocycles. The lowest BCUT2D eigenvalue weighted by molar-refractivity contribution is 0.112. The summed E-state index contributed by atoms with van der Waals surface area (Å²) in [6.45, 7) is 0. The Morgan fingerprint density at radius 3 is 2.55 bits per heavy atom. The summed E-state index contributed by atoms with van der Waals surface area (Å²) in [5, 5.41) is 3.17. The first-order chi connectivity index (χ1) is 9.60. The fourth-order valence-corrected chi connectivity index (χ4v) is 3.71. The molecule has 0 radical (unpaired) electrons. The van der Waals surface area contributed by atoms with Crippen LogP contribution in [0.3, 0.4) is 0 Å². The minimum atomic E-state index is -0.728. The third-order valence-corrected chi connectivity index (χ3v) is 4.80. The molecular formula is C13H18BrFN2O2S. The molecule has 0 atom stereocenters. The first kappa shape index (κ1) is 17.3. The highest BCUT2D eigenvalue weighted by molar-refractivity contribution is 9.10. The molecule has 7 heteroatoms. The van der Waals surface area contributed by atoms with E-state index in [0.717, 1.165) is 12.8 Å². The molecule has 0 aromatic heterocycles. The number of halogens is 2. The van der Waals surface area contributed by atoms with Crippen molar-refractivity contribution < 1.29 is 13.4 Å². The maximum Gasteiger partial charge on any atom is 0.155 e.